The molecule has 0 saturated carbocycles. The average Bonchev–Trinajstić information content (AvgIpc) is 3.57. The normalized spacial score (nSPS) is 25.2. The van der Waals surface area contributed by atoms with Gasteiger partial charge in [0.25, 0.3) is 0 Å². The molecular formula is C25H21ClN4O5. The van der Waals surface area contributed by atoms with Gasteiger partial charge < -0.3 is 18.9 Å². The van der Waals surface area contributed by atoms with Crippen molar-refractivity contribution in [1.29, 1.82) is 0 Å². The van der Waals surface area contributed by atoms with Gasteiger partial charge in [-0.2, -0.15) is 0 Å². The maximum absolute atomic E-state index is 12.7. The number of imidazole rings is 1. The quantitative estimate of drug-likeness (QED) is 0.285. The Labute approximate surface area is 205 Å². The molecule has 0 aliphatic carbocycles. The molecule has 0 unspecified atom stereocenters. The average molecular weight is 493 g/mol. The molecule has 10 heteroatoms. The first kappa shape index (κ1) is 22.1. The summed E-state index contributed by atoms with van der Waals surface area (Å²) in [5.74, 6) is -0.440. The third-order valence-corrected chi connectivity index (χ3v) is 6.57. The van der Waals surface area contributed by atoms with Gasteiger partial charge in [0.1, 0.15) is 30.7 Å². The van der Waals surface area contributed by atoms with E-state index >= 15 is 0 Å². The van der Waals surface area contributed by atoms with Gasteiger partial charge in [0.2, 0.25) is 0 Å². The van der Waals surface area contributed by atoms with E-state index < -0.39 is 30.0 Å². The molecule has 2 aromatic carbocycles. The Bertz CT molecular complexity index is 1350. The molecule has 9 nitrogen and oxygen atoms in total. The second-order valence-corrected chi connectivity index (χ2v) is 8.85. The van der Waals surface area contributed by atoms with Crippen molar-refractivity contribution in [2.45, 2.75) is 30.6 Å². The number of ether oxygens (including phenoxy) is 4. The van der Waals surface area contributed by atoms with E-state index in [9.17, 15) is 4.79 Å². The van der Waals surface area contributed by atoms with Crippen LogP contribution in [0.5, 0.6) is 0 Å². The Morgan fingerprint density at radius 2 is 1.86 bits per heavy atom. The lowest BCUT2D eigenvalue weighted by Gasteiger charge is -2.31. The predicted octanol–water partition coefficient (Wildman–Crippen LogP) is 3.59. The maximum Gasteiger partial charge on any atom is 0.338 e. The van der Waals surface area contributed by atoms with Crippen LogP contribution in [0.25, 0.3) is 11.2 Å². The van der Waals surface area contributed by atoms with Gasteiger partial charge in [-0.15, -0.1) is 0 Å². The van der Waals surface area contributed by atoms with E-state index in [0.717, 1.165) is 5.56 Å². The summed E-state index contributed by atoms with van der Waals surface area (Å²) < 4.78 is 26.5. The van der Waals surface area contributed by atoms with Gasteiger partial charge in [-0.05, 0) is 17.7 Å². The van der Waals surface area contributed by atoms with Gasteiger partial charge >= 0.3 is 5.97 Å². The largest absolute Gasteiger partial charge is 0.459 e. The van der Waals surface area contributed by atoms with Crippen molar-refractivity contribution < 1.29 is 23.7 Å². The minimum atomic E-state index is -0.998. The summed E-state index contributed by atoms with van der Waals surface area (Å²) in [7, 11) is 0. The second kappa shape index (κ2) is 9.01. The minimum Gasteiger partial charge on any atom is -0.459 e. The Hall–Kier alpha value is -3.37. The fourth-order valence-corrected chi connectivity index (χ4v) is 4.76. The van der Waals surface area contributed by atoms with E-state index in [1.54, 1.807) is 35.2 Å². The van der Waals surface area contributed by atoms with E-state index in [4.69, 9.17) is 30.5 Å². The second-order valence-electron chi connectivity index (χ2n) is 8.50. The summed E-state index contributed by atoms with van der Waals surface area (Å²) in [6.07, 6.45) is 1.40. The molecule has 2 aromatic heterocycles. The van der Waals surface area contributed by atoms with Gasteiger partial charge in [0.05, 0.1) is 25.1 Å². The molecule has 6 rings (SSSR count). The highest BCUT2D eigenvalue weighted by Gasteiger charge is 2.64. The lowest BCUT2D eigenvalue weighted by Crippen LogP contribution is -2.46. The Balaban J connectivity index is 1.29. The van der Waals surface area contributed by atoms with Crippen molar-refractivity contribution in [1.82, 2.24) is 19.5 Å². The topological polar surface area (TPSA) is 97.6 Å². The van der Waals surface area contributed by atoms with Crippen LogP contribution in [0, 0.1) is 0 Å². The zero-order valence-corrected chi connectivity index (χ0v) is 19.2. The van der Waals surface area contributed by atoms with E-state index in [-0.39, 0.29) is 18.4 Å². The van der Waals surface area contributed by atoms with Crippen LogP contribution in [0.3, 0.4) is 0 Å². The lowest BCUT2D eigenvalue weighted by molar-refractivity contribution is -0.187. The first-order valence-electron chi connectivity index (χ1n) is 11.1. The Morgan fingerprint density at radius 3 is 2.66 bits per heavy atom. The third-order valence-electron chi connectivity index (χ3n) is 6.29. The Kier molecular flexibility index (Phi) is 5.69. The molecule has 2 aliphatic rings. The predicted molar refractivity (Wildman–Crippen MR) is 125 cm³/mol. The van der Waals surface area contributed by atoms with Crippen LogP contribution in [0.1, 0.15) is 22.1 Å². The van der Waals surface area contributed by atoms with Crippen LogP contribution in [0.15, 0.2) is 73.3 Å². The van der Waals surface area contributed by atoms with Crippen molar-refractivity contribution >= 4 is 28.7 Å². The molecule has 0 amide bonds. The molecule has 178 valence electrons. The molecule has 35 heavy (non-hydrogen) atoms. The first-order valence-corrected chi connectivity index (χ1v) is 11.5. The van der Waals surface area contributed by atoms with Gasteiger partial charge in [-0.3, -0.25) is 4.57 Å². The van der Waals surface area contributed by atoms with Gasteiger partial charge in [0.15, 0.2) is 22.6 Å². The molecule has 4 heterocycles. The molecule has 4 atom stereocenters. The monoisotopic (exact) mass is 492 g/mol. The SMILES string of the molecule is O=C(OC[C@@]12CO[C@@H]([C@H](n3cnc4c(Cl)ncnc43)O1)[C@@H]2OCc1ccccc1)c1ccccc1. The molecule has 2 bridgehead atoms. The molecule has 2 saturated heterocycles. The third kappa shape index (κ3) is 3.96. The number of nitrogens with zero attached hydrogens (tertiary/aromatic N) is 4. The van der Waals surface area contributed by atoms with Crippen molar-refractivity contribution in [2.75, 3.05) is 13.2 Å². The molecule has 0 spiro atoms. The number of carbonyl (C=O) groups is 1. The summed E-state index contributed by atoms with van der Waals surface area (Å²) in [6.45, 7) is 0.544. The number of carbonyl (C=O) groups excluding carboxylic acids is 1. The number of hydrogen-bond acceptors (Lipinski definition) is 8. The molecule has 0 radical (unpaired) electrons. The number of hydrogen-bond donors (Lipinski definition) is 0. The lowest BCUT2D eigenvalue weighted by atomic mass is 10.00. The zero-order chi connectivity index (χ0) is 23.8. The van der Waals surface area contributed by atoms with Crippen molar-refractivity contribution in [2.24, 2.45) is 0 Å². The summed E-state index contributed by atoms with van der Waals surface area (Å²) in [4.78, 5) is 25.3. The summed E-state index contributed by atoms with van der Waals surface area (Å²) >= 11 is 6.19. The number of fused-ring (bicyclic) bond motifs is 3. The van der Waals surface area contributed by atoms with Gasteiger partial charge in [-0.25, -0.2) is 19.7 Å². The van der Waals surface area contributed by atoms with Crippen LogP contribution in [0.4, 0.5) is 0 Å². The number of rotatable bonds is 7. The number of benzene rings is 2. The van der Waals surface area contributed by atoms with Gasteiger partial charge in [-0.1, -0.05) is 60.1 Å². The highest BCUT2D eigenvalue weighted by molar-refractivity contribution is 6.33. The molecule has 2 aliphatic heterocycles. The Morgan fingerprint density at radius 1 is 1.09 bits per heavy atom. The minimum absolute atomic E-state index is 0.0322. The van der Waals surface area contributed by atoms with Crippen molar-refractivity contribution in [3.8, 4) is 0 Å². The first-order chi connectivity index (χ1) is 17.1. The van der Waals surface area contributed by atoms with Crippen molar-refractivity contribution in [3.63, 3.8) is 0 Å². The van der Waals surface area contributed by atoms with Crippen LogP contribution in [-0.2, 0) is 25.6 Å². The van der Waals surface area contributed by atoms with E-state index in [1.165, 1.54) is 6.33 Å². The van der Waals surface area contributed by atoms with Crippen LogP contribution in [-0.4, -0.2) is 56.5 Å². The highest BCUT2D eigenvalue weighted by Crippen LogP contribution is 2.47. The van der Waals surface area contributed by atoms with Crippen LogP contribution >= 0.6 is 11.6 Å². The summed E-state index contributed by atoms with van der Waals surface area (Å²) in [5.41, 5.74) is 1.46. The van der Waals surface area contributed by atoms with E-state index in [1.807, 2.05) is 36.4 Å². The van der Waals surface area contributed by atoms with Crippen LogP contribution < -0.4 is 0 Å². The van der Waals surface area contributed by atoms with E-state index in [0.29, 0.717) is 23.3 Å². The molecule has 4 aromatic rings. The van der Waals surface area contributed by atoms with E-state index in [2.05, 4.69) is 15.0 Å². The summed E-state index contributed by atoms with van der Waals surface area (Å²) in [5, 5.41) is 0.251. The van der Waals surface area contributed by atoms with Crippen LogP contribution in [0.2, 0.25) is 5.15 Å². The smallest absolute Gasteiger partial charge is 0.338 e. The maximum atomic E-state index is 12.7. The standard InChI is InChI=1S/C25H21ClN4O5/c26-21-18-22(28-14-27-21)30(15-29-18)23-19-20(32-11-16-7-3-1-4-8-16)25(35-23,12-33-19)13-34-24(31)17-9-5-2-6-10-17/h1-10,14-15,19-20,23H,11-13H2/t19-,20+,23-,25-/m1/s1. The fraction of sp³-hybridized carbons (Fsp3) is 0.280. The fourth-order valence-electron chi connectivity index (χ4n) is 4.58. The highest BCUT2D eigenvalue weighted by atomic mass is 35.5. The zero-order valence-electron chi connectivity index (χ0n) is 18.5. The molecular weight excluding hydrogens is 472 g/mol. The van der Waals surface area contributed by atoms with Crippen molar-refractivity contribution in [3.05, 3.63) is 89.6 Å². The molecule has 2 fully saturated rings. The number of esters is 1. The number of halogens is 1. The van der Waals surface area contributed by atoms with Gasteiger partial charge in [0, 0.05) is 0 Å². The number of aromatic nitrogens is 4. The molecule has 0 N–H and O–H groups in total. The summed E-state index contributed by atoms with van der Waals surface area (Å²) in [6, 6.07) is 18.7.